The Morgan fingerprint density at radius 3 is 2.07 bits per heavy atom. The lowest BCUT2D eigenvalue weighted by atomic mass is 9.97. The van der Waals surface area contributed by atoms with Gasteiger partial charge in [-0.2, -0.15) is 0 Å². The Kier molecular flexibility index (Phi) is 10.8. The normalized spacial score (nSPS) is 12.5. The molecule has 3 N–H and O–H groups in total. The number of carboxylic acid groups (broad SMARTS) is 1. The Labute approximate surface area is 172 Å². The summed E-state index contributed by atoms with van der Waals surface area (Å²) < 4.78 is 10.3. The van der Waals surface area contributed by atoms with Crippen LogP contribution in [0, 0.1) is 5.92 Å². The fraction of sp³-hybridized carbons (Fsp3) is 0.435. The summed E-state index contributed by atoms with van der Waals surface area (Å²) in [5.41, 5.74) is 2.14. The molecule has 0 aliphatic carbocycles. The Hall–Kier alpha value is -2.57. The number of rotatable bonds is 9. The summed E-state index contributed by atoms with van der Waals surface area (Å²) in [7, 11) is 1.55. The highest BCUT2D eigenvalue weighted by Crippen LogP contribution is 2.25. The van der Waals surface area contributed by atoms with Crippen molar-refractivity contribution in [2.24, 2.45) is 5.92 Å². The van der Waals surface area contributed by atoms with E-state index in [1.165, 1.54) is 5.56 Å². The number of aliphatic carboxylic acids is 1. The molecule has 0 radical (unpaired) electrons. The van der Waals surface area contributed by atoms with E-state index in [2.05, 4.69) is 13.8 Å². The lowest BCUT2D eigenvalue weighted by molar-refractivity contribution is -0.138. The highest BCUT2D eigenvalue weighted by molar-refractivity contribution is 5.75. The smallest absolute Gasteiger partial charge is 0.310 e. The highest BCUT2D eigenvalue weighted by atomic mass is 16.5. The van der Waals surface area contributed by atoms with Gasteiger partial charge in [0.15, 0.2) is 11.5 Å². The van der Waals surface area contributed by atoms with Crippen molar-refractivity contribution in [3.05, 3.63) is 59.7 Å². The van der Waals surface area contributed by atoms with E-state index >= 15 is 0 Å². The molecule has 0 saturated carbocycles. The first-order valence-electron chi connectivity index (χ1n) is 9.64. The average Bonchev–Trinajstić information content (AvgIpc) is 2.72. The second-order valence-corrected chi connectivity index (χ2v) is 7.20. The number of para-hydroxylation sites is 2. The van der Waals surface area contributed by atoms with Gasteiger partial charge in [0.25, 0.3) is 0 Å². The molecule has 2 rings (SSSR count). The Morgan fingerprint density at radius 1 is 1.00 bits per heavy atom. The van der Waals surface area contributed by atoms with Gasteiger partial charge in [-0.05, 0) is 42.5 Å². The van der Waals surface area contributed by atoms with E-state index < -0.39 is 18.0 Å². The first kappa shape index (κ1) is 24.5. The Balaban J connectivity index is 0.000000291. The van der Waals surface area contributed by atoms with Crippen LogP contribution in [0.3, 0.4) is 0 Å². The number of carboxylic acids is 1. The van der Waals surface area contributed by atoms with E-state index in [9.17, 15) is 4.79 Å². The molecular formula is C23H32O6. The summed E-state index contributed by atoms with van der Waals surface area (Å²) in [4.78, 5) is 10.8. The maximum absolute atomic E-state index is 10.8. The van der Waals surface area contributed by atoms with Crippen LogP contribution in [0.15, 0.2) is 48.5 Å². The van der Waals surface area contributed by atoms with Crippen molar-refractivity contribution >= 4 is 5.97 Å². The molecule has 2 aromatic carbocycles. The molecule has 0 fully saturated rings. The quantitative estimate of drug-likeness (QED) is 0.592. The molecule has 2 atom stereocenters. The maximum atomic E-state index is 10.8. The van der Waals surface area contributed by atoms with Crippen molar-refractivity contribution in [2.75, 3.05) is 20.3 Å². The van der Waals surface area contributed by atoms with Crippen LogP contribution < -0.4 is 9.47 Å². The van der Waals surface area contributed by atoms with E-state index in [4.69, 9.17) is 24.8 Å². The van der Waals surface area contributed by atoms with Crippen molar-refractivity contribution in [3.63, 3.8) is 0 Å². The monoisotopic (exact) mass is 404 g/mol. The van der Waals surface area contributed by atoms with Gasteiger partial charge in [0.05, 0.1) is 19.6 Å². The molecule has 0 bridgehead atoms. The van der Waals surface area contributed by atoms with Gasteiger partial charge in [0, 0.05) is 0 Å². The number of hydrogen-bond acceptors (Lipinski definition) is 5. The fourth-order valence-corrected chi connectivity index (χ4v) is 2.53. The largest absolute Gasteiger partial charge is 0.493 e. The zero-order chi connectivity index (χ0) is 21.8. The van der Waals surface area contributed by atoms with E-state index in [0.29, 0.717) is 17.4 Å². The summed E-state index contributed by atoms with van der Waals surface area (Å²) in [6.07, 6.45) is 0.182. The molecule has 2 aromatic rings. The van der Waals surface area contributed by atoms with Crippen LogP contribution in [0.5, 0.6) is 11.5 Å². The molecule has 0 saturated heterocycles. The molecule has 6 heteroatoms. The minimum absolute atomic E-state index is 0.0525. The summed E-state index contributed by atoms with van der Waals surface area (Å²) >= 11 is 0. The minimum Gasteiger partial charge on any atom is -0.493 e. The Morgan fingerprint density at radius 2 is 1.59 bits per heavy atom. The van der Waals surface area contributed by atoms with Crippen LogP contribution in [-0.2, 0) is 11.2 Å². The zero-order valence-corrected chi connectivity index (χ0v) is 17.5. The predicted octanol–water partition coefficient (Wildman–Crippen LogP) is 3.50. The van der Waals surface area contributed by atoms with Gasteiger partial charge >= 0.3 is 5.97 Å². The molecule has 6 nitrogen and oxygen atoms in total. The topological polar surface area (TPSA) is 96.2 Å². The van der Waals surface area contributed by atoms with Crippen LogP contribution >= 0.6 is 0 Å². The average molecular weight is 405 g/mol. The third-order valence-corrected chi connectivity index (χ3v) is 4.21. The molecule has 2 unspecified atom stereocenters. The second-order valence-electron chi connectivity index (χ2n) is 7.20. The summed E-state index contributed by atoms with van der Waals surface area (Å²) in [5.74, 6) is 0.609. The lowest BCUT2D eigenvalue weighted by Crippen LogP contribution is -2.21. The van der Waals surface area contributed by atoms with Gasteiger partial charge in [-0.25, -0.2) is 0 Å². The van der Waals surface area contributed by atoms with Gasteiger partial charge in [0.2, 0.25) is 0 Å². The standard InChI is InChI=1S/C13H18O2.C10H14O4/c1-9(2)8-11-4-6-12(7-5-11)10(3)13(14)15;1-13-9-4-2-3-5-10(9)14-7-8(12)6-11/h4-7,9-10H,8H2,1-3H3,(H,14,15);2-5,8,11-12H,6-7H2,1H3. The van der Waals surface area contributed by atoms with Gasteiger partial charge in [0.1, 0.15) is 12.7 Å². The number of benzene rings is 2. The number of ether oxygens (including phenoxy) is 2. The molecule has 29 heavy (non-hydrogen) atoms. The van der Waals surface area contributed by atoms with Crippen molar-refractivity contribution in [3.8, 4) is 11.5 Å². The summed E-state index contributed by atoms with van der Waals surface area (Å²) in [5, 5.41) is 26.5. The van der Waals surface area contributed by atoms with Crippen molar-refractivity contribution in [2.45, 2.75) is 39.2 Å². The van der Waals surface area contributed by atoms with Gasteiger partial charge in [-0.15, -0.1) is 0 Å². The molecule has 0 spiro atoms. The molecular weight excluding hydrogens is 372 g/mol. The Bertz CT molecular complexity index is 726. The zero-order valence-electron chi connectivity index (χ0n) is 17.5. The van der Waals surface area contributed by atoms with Crippen molar-refractivity contribution in [1.82, 2.24) is 0 Å². The SMILES string of the molecule is CC(C)Cc1ccc(C(C)C(=O)O)cc1.COc1ccccc1OCC(O)CO. The number of aliphatic hydroxyl groups is 2. The van der Waals surface area contributed by atoms with E-state index in [1.54, 1.807) is 26.2 Å². The molecule has 0 aliphatic heterocycles. The second kappa shape index (κ2) is 12.8. The van der Waals surface area contributed by atoms with Crippen LogP contribution in [0.1, 0.15) is 37.8 Å². The van der Waals surface area contributed by atoms with Crippen LogP contribution in [0.4, 0.5) is 0 Å². The number of aliphatic hydroxyl groups excluding tert-OH is 2. The van der Waals surface area contributed by atoms with Gasteiger partial charge in [-0.3, -0.25) is 4.79 Å². The third-order valence-electron chi connectivity index (χ3n) is 4.21. The summed E-state index contributed by atoms with van der Waals surface area (Å²) in [6, 6.07) is 15.0. The number of carbonyl (C=O) groups is 1. The number of hydrogen-bond donors (Lipinski definition) is 3. The molecule has 0 amide bonds. The van der Waals surface area contributed by atoms with Crippen molar-refractivity contribution < 1.29 is 29.6 Å². The fourth-order valence-electron chi connectivity index (χ4n) is 2.53. The first-order chi connectivity index (χ1) is 13.8. The van der Waals surface area contributed by atoms with E-state index in [0.717, 1.165) is 12.0 Å². The lowest BCUT2D eigenvalue weighted by Gasteiger charge is -2.12. The first-order valence-corrected chi connectivity index (χ1v) is 9.64. The van der Waals surface area contributed by atoms with Crippen molar-refractivity contribution in [1.29, 1.82) is 0 Å². The predicted molar refractivity (Wildman–Crippen MR) is 113 cm³/mol. The molecule has 0 aromatic heterocycles. The van der Waals surface area contributed by atoms with Crippen LogP contribution in [-0.4, -0.2) is 47.7 Å². The molecule has 0 aliphatic rings. The minimum atomic E-state index is -0.861. The highest BCUT2D eigenvalue weighted by Gasteiger charge is 2.13. The third kappa shape index (κ3) is 8.98. The summed E-state index contributed by atoms with van der Waals surface area (Å²) in [6.45, 7) is 5.80. The number of methoxy groups -OCH3 is 1. The van der Waals surface area contributed by atoms with Gasteiger partial charge < -0.3 is 24.8 Å². The van der Waals surface area contributed by atoms with E-state index in [-0.39, 0.29) is 13.2 Å². The molecule has 160 valence electrons. The van der Waals surface area contributed by atoms with Crippen LogP contribution in [0.2, 0.25) is 0 Å². The van der Waals surface area contributed by atoms with Gasteiger partial charge in [-0.1, -0.05) is 50.2 Å². The van der Waals surface area contributed by atoms with E-state index in [1.807, 2.05) is 36.4 Å². The van der Waals surface area contributed by atoms with Crippen LogP contribution in [0.25, 0.3) is 0 Å². The maximum Gasteiger partial charge on any atom is 0.310 e. The molecule has 0 heterocycles.